The number of hydrogen-bond donors (Lipinski definition) is 2. The van der Waals surface area contributed by atoms with Crippen molar-refractivity contribution in [1.29, 1.82) is 0 Å². The molecular formula is C13H15O8PS. The van der Waals surface area contributed by atoms with Crippen LogP contribution in [0, 0.1) is 0 Å². The molecule has 0 saturated carbocycles. The van der Waals surface area contributed by atoms with E-state index in [0.29, 0.717) is 11.0 Å². The van der Waals surface area contributed by atoms with Crippen LogP contribution >= 0.6 is 7.82 Å². The van der Waals surface area contributed by atoms with E-state index in [2.05, 4.69) is 15.1 Å². The van der Waals surface area contributed by atoms with E-state index in [0.717, 1.165) is 0 Å². The van der Waals surface area contributed by atoms with Gasteiger partial charge in [0.05, 0.1) is 12.0 Å². The van der Waals surface area contributed by atoms with Gasteiger partial charge in [-0.2, -0.15) is 12.4 Å². The third-order valence-electron chi connectivity index (χ3n) is 2.39. The van der Waals surface area contributed by atoms with Crippen LogP contribution in [0.5, 0.6) is 0 Å². The summed E-state index contributed by atoms with van der Waals surface area (Å²) >= 11 is 0. The molecule has 0 amide bonds. The van der Waals surface area contributed by atoms with Gasteiger partial charge in [-0.1, -0.05) is 36.9 Å². The Morgan fingerprint density at radius 3 is 2.48 bits per heavy atom. The Labute approximate surface area is 133 Å². The highest BCUT2D eigenvalue weighted by Gasteiger charge is 2.28. The lowest BCUT2D eigenvalue weighted by Crippen LogP contribution is -2.06. The second-order valence-corrected chi connectivity index (χ2v) is 7.29. The molecule has 1 aromatic carbocycles. The maximum atomic E-state index is 11.6. The molecule has 0 fully saturated rings. The highest BCUT2D eigenvalue weighted by molar-refractivity contribution is 7.93. The molecule has 10 heteroatoms. The Kier molecular flexibility index (Phi) is 6.86. The maximum Gasteiger partial charge on any atom is 0.487 e. The molecule has 8 nitrogen and oxygen atoms in total. The average molecular weight is 362 g/mol. The van der Waals surface area contributed by atoms with Gasteiger partial charge in [0, 0.05) is 12.0 Å². The number of benzene rings is 1. The molecule has 0 aliphatic heterocycles. The van der Waals surface area contributed by atoms with Crippen molar-refractivity contribution in [2.45, 2.75) is 6.42 Å². The number of aliphatic carboxylic acids is 1. The van der Waals surface area contributed by atoms with Crippen molar-refractivity contribution in [1.82, 2.24) is 0 Å². The zero-order chi connectivity index (χ0) is 17.5. The van der Waals surface area contributed by atoms with Crippen LogP contribution in [-0.2, 0) is 28.0 Å². The summed E-state index contributed by atoms with van der Waals surface area (Å²) in [6.07, 6.45) is 0.921. The summed E-state index contributed by atoms with van der Waals surface area (Å²) in [4.78, 5) is 19.8. The first-order chi connectivity index (χ1) is 10.6. The van der Waals surface area contributed by atoms with E-state index in [1.807, 2.05) is 0 Å². The molecule has 2 N–H and O–H groups in total. The van der Waals surface area contributed by atoms with Crippen molar-refractivity contribution in [3.05, 3.63) is 53.5 Å². The molecule has 0 radical (unpaired) electrons. The first-order valence-electron chi connectivity index (χ1n) is 6.19. The standard InChI is InChI=1S/C13H15O8PS/c1-11(13(14)15)7-9-20-22(16,17)21-23(18,19)10-8-12-5-3-2-4-6-12/h2-6,8,10H,1,7,9H2,(H,14,15)(H,16,17). The van der Waals surface area contributed by atoms with Crippen LogP contribution in [0.4, 0.5) is 0 Å². The van der Waals surface area contributed by atoms with Gasteiger partial charge >= 0.3 is 13.8 Å². The van der Waals surface area contributed by atoms with Crippen LogP contribution in [0.15, 0.2) is 47.9 Å². The van der Waals surface area contributed by atoms with Crippen LogP contribution in [-0.4, -0.2) is 31.0 Å². The van der Waals surface area contributed by atoms with Gasteiger partial charge in [-0.05, 0) is 11.6 Å². The first kappa shape index (κ1) is 19.3. The van der Waals surface area contributed by atoms with Gasteiger partial charge in [0.15, 0.2) is 0 Å². The normalized spacial score (nSPS) is 14.5. The van der Waals surface area contributed by atoms with Crippen LogP contribution in [0.3, 0.4) is 0 Å². The van der Waals surface area contributed by atoms with Gasteiger partial charge in [-0.25, -0.2) is 9.36 Å². The second kappa shape index (κ2) is 8.19. The van der Waals surface area contributed by atoms with E-state index in [4.69, 9.17) is 5.11 Å². The fraction of sp³-hybridized carbons (Fsp3) is 0.154. The molecule has 1 rings (SSSR count). The zero-order valence-electron chi connectivity index (χ0n) is 11.9. The number of carboxylic acids is 1. The molecule has 1 atom stereocenters. The molecule has 1 aromatic rings. The Balaban J connectivity index is 2.61. The predicted molar refractivity (Wildman–Crippen MR) is 82.7 cm³/mol. The van der Waals surface area contributed by atoms with Crippen molar-refractivity contribution in [3.63, 3.8) is 0 Å². The van der Waals surface area contributed by atoms with Crippen molar-refractivity contribution in [3.8, 4) is 0 Å². The lowest BCUT2D eigenvalue weighted by atomic mass is 10.2. The molecule has 0 spiro atoms. The molecule has 0 heterocycles. The molecule has 126 valence electrons. The SMILES string of the molecule is C=C(CCOP(=O)(O)OS(=O)(=O)C=Cc1ccccc1)C(=O)O. The Morgan fingerprint density at radius 1 is 1.30 bits per heavy atom. The summed E-state index contributed by atoms with van der Waals surface area (Å²) in [6.45, 7) is 2.66. The van der Waals surface area contributed by atoms with E-state index in [9.17, 15) is 22.7 Å². The Morgan fingerprint density at radius 2 is 1.91 bits per heavy atom. The van der Waals surface area contributed by atoms with Crippen LogP contribution in [0.25, 0.3) is 6.08 Å². The molecule has 0 saturated heterocycles. The van der Waals surface area contributed by atoms with E-state index in [-0.39, 0.29) is 12.0 Å². The predicted octanol–water partition coefficient (Wildman–Crippen LogP) is 2.15. The number of rotatable bonds is 9. The molecule has 0 aliphatic rings. The monoisotopic (exact) mass is 362 g/mol. The third kappa shape index (κ3) is 7.87. The van der Waals surface area contributed by atoms with E-state index < -0.39 is 30.5 Å². The van der Waals surface area contributed by atoms with E-state index in [1.54, 1.807) is 30.3 Å². The largest absolute Gasteiger partial charge is 0.487 e. The smallest absolute Gasteiger partial charge is 0.478 e. The lowest BCUT2D eigenvalue weighted by Gasteiger charge is -2.10. The summed E-state index contributed by atoms with van der Waals surface area (Å²) in [7, 11) is -9.36. The minimum atomic E-state index is -4.90. The summed E-state index contributed by atoms with van der Waals surface area (Å²) < 4.78 is 43.2. The van der Waals surface area contributed by atoms with Crippen molar-refractivity contribution in [2.24, 2.45) is 0 Å². The molecule has 23 heavy (non-hydrogen) atoms. The number of carboxylic acid groups (broad SMARTS) is 1. The molecular weight excluding hydrogens is 347 g/mol. The van der Waals surface area contributed by atoms with Crippen LogP contribution in [0.2, 0.25) is 0 Å². The fourth-order valence-corrected chi connectivity index (χ4v) is 3.36. The number of carbonyl (C=O) groups is 1. The van der Waals surface area contributed by atoms with Crippen molar-refractivity contribution in [2.75, 3.05) is 6.61 Å². The fourth-order valence-electron chi connectivity index (χ4n) is 1.29. The van der Waals surface area contributed by atoms with Gasteiger partial charge in [-0.3, -0.25) is 4.52 Å². The molecule has 1 unspecified atom stereocenters. The van der Waals surface area contributed by atoms with Gasteiger partial charge in [0.25, 0.3) is 10.1 Å². The highest BCUT2D eigenvalue weighted by atomic mass is 32.2. The Bertz CT molecular complexity index is 738. The first-order valence-corrected chi connectivity index (χ1v) is 9.16. The second-order valence-electron chi connectivity index (χ2n) is 4.24. The quantitative estimate of drug-likeness (QED) is 0.505. The number of phosphoric ester groups is 1. The van der Waals surface area contributed by atoms with Gasteiger partial charge in [-0.15, -0.1) is 0 Å². The highest BCUT2D eigenvalue weighted by Crippen LogP contribution is 2.45. The molecule has 0 aromatic heterocycles. The summed E-state index contributed by atoms with van der Waals surface area (Å²) in [5.74, 6) is -1.29. The van der Waals surface area contributed by atoms with Gasteiger partial charge < -0.3 is 10.00 Å². The minimum absolute atomic E-state index is 0.253. The van der Waals surface area contributed by atoms with Gasteiger partial charge in [0.1, 0.15) is 0 Å². The third-order valence-corrected chi connectivity index (χ3v) is 4.95. The molecule has 0 aliphatic carbocycles. The molecule has 0 bridgehead atoms. The zero-order valence-corrected chi connectivity index (χ0v) is 13.6. The maximum absolute atomic E-state index is 11.6. The topological polar surface area (TPSA) is 127 Å². The number of hydrogen-bond acceptors (Lipinski definition) is 6. The van der Waals surface area contributed by atoms with Crippen molar-refractivity contribution >= 4 is 30.0 Å². The summed E-state index contributed by atoms with van der Waals surface area (Å²) in [5.41, 5.74) is 0.294. The van der Waals surface area contributed by atoms with E-state index >= 15 is 0 Å². The van der Waals surface area contributed by atoms with Crippen molar-refractivity contribution < 1.29 is 36.3 Å². The minimum Gasteiger partial charge on any atom is -0.478 e. The van der Waals surface area contributed by atoms with E-state index in [1.165, 1.54) is 6.08 Å². The average Bonchev–Trinajstić information content (AvgIpc) is 2.45. The van der Waals surface area contributed by atoms with Gasteiger partial charge in [0.2, 0.25) is 0 Å². The number of phosphoric acid groups is 1. The summed E-state index contributed by atoms with van der Waals surface area (Å²) in [6, 6.07) is 8.35. The van der Waals surface area contributed by atoms with Crippen LogP contribution < -0.4 is 0 Å². The lowest BCUT2D eigenvalue weighted by molar-refractivity contribution is -0.132. The Hall–Kier alpha value is -1.77. The van der Waals surface area contributed by atoms with Crippen LogP contribution in [0.1, 0.15) is 12.0 Å². The summed E-state index contributed by atoms with van der Waals surface area (Å²) in [5, 5.41) is 9.17.